The molecule has 150 valence electrons. The van der Waals surface area contributed by atoms with E-state index < -0.39 is 0 Å². The average molecular weight is 474 g/mol. The van der Waals surface area contributed by atoms with Crippen molar-refractivity contribution < 1.29 is 19.1 Å². The smallest absolute Gasteiger partial charge is 0.293 e. The number of halogens is 1. The van der Waals surface area contributed by atoms with E-state index in [9.17, 15) is 9.59 Å². The van der Waals surface area contributed by atoms with Crippen molar-refractivity contribution in [3.63, 3.8) is 0 Å². The van der Waals surface area contributed by atoms with E-state index in [2.05, 4.69) is 22.5 Å². The lowest BCUT2D eigenvalue weighted by Gasteiger charge is -2.14. The maximum absolute atomic E-state index is 12.9. The molecule has 1 aliphatic heterocycles. The van der Waals surface area contributed by atoms with Gasteiger partial charge < -0.3 is 9.47 Å². The Kier molecular flexibility index (Phi) is 6.82. The van der Waals surface area contributed by atoms with Gasteiger partial charge in [0, 0.05) is 10.0 Å². The van der Waals surface area contributed by atoms with Crippen molar-refractivity contribution in [2.24, 2.45) is 0 Å². The molecule has 0 radical (unpaired) electrons. The summed E-state index contributed by atoms with van der Waals surface area (Å²) in [6.45, 7) is 3.99. The molecule has 0 bridgehead atoms. The zero-order valence-electron chi connectivity index (χ0n) is 16.1. The number of nitrogens with zero attached hydrogens (tertiary/aromatic N) is 1. The van der Waals surface area contributed by atoms with E-state index in [0.717, 1.165) is 32.9 Å². The standard InChI is InChI=1S/C22H20BrNO4S/c1-4-7-15-10-14(11-18(27-2)20(15)28-3)12-19-21(25)24(22(26)29-19)13-16-8-5-6-9-17(16)23/h4-6,8-12H,1,7,13H2,2-3H3/b19-12-. The number of ether oxygens (including phenoxy) is 2. The minimum Gasteiger partial charge on any atom is -0.493 e. The fourth-order valence-corrected chi connectivity index (χ4v) is 4.29. The predicted octanol–water partition coefficient (Wildman–Crippen LogP) is 5.43. The van der Waals surface area contributed by atoms with E-state index in [0.29, 0.717) is 22.8 Å². The Morgan fingerprint density at radius 2 is 1.90 bits per heavy atom. The van der Waals surface area contributed by atoms with Gasteiger partial charge in [0.1, 0.15) is 0 Å². The van der Waals surface area contributed by atoms with E-state index in [4.69, 9.17) is 9.47 Å². The van der Waals surface area contributed by atoms with Crippen molar-refractivity contribution in [3.8, 4) is 11.5 Å². The first-order valence-corrected chi connectivity index (χ1v) is 10.4. The van der Waals surface area contributed by atoms with Gasteiger partial charge in [-0.3, -0.25) is 14.5 Å². The Hall–Kier alpha value is -2.51. The molecule has 0 spiro atoms. The zero-order chi connectivity index (χ0) is 21.0. The summed E-state index contributed by atoms with van der Waals surface area (Å²) in [5.41, 5.74) is 2.52. The molecule has 0 atom stereocenters. The molecule has 7 heteroatoms. The van der Waals surface area contributed by atoms with Gasteiger partial charge in [-0.25, -0.2) is 0 Å². The summed E-state index contributed by atoms with van der Waals surface area (Å²) in [6.07, 6.45) is 4.07. The van der Waals surface area contributed by atoms with Crippen LogP contribution < -0.4 is 9.47 Å². The Morgan fingerprint density at radius 1 is 1.14 bits per heavy atom. The number of allylic oxidation sites excluding steroid dienone is 1. The van der Waals surface area contributed by atoms with Gasteiger partial charge in [0.15, 0.2) is 11.5 Å². The molecule has 5 nitrogen and oxygen atoms in total. The highest BCUT2D eigenvalue weighted by atomic mass is 79.9. The summed E-state index contributed by atoms with van der Waals surface area (Å²) in [4.78, 5) is 26.9. The first kappa shape index (κ1) is 21.2. The van der Waals surface area contributed by atoms with E-state index >= 15 is 0 Å². The number of rotatable bonds is 7. The highest BCUT2D eigenvalue weighted by Crippen LogP contribution is 2.37. The zero-order valence-corrected chi connectivity index (χ0v) is 18.5. The van der Waals surface area contributed by atoms with Crippen LogP contribution in [0.4, 0.5) is 4.79 Å². The third kappa shape index (κ3) is 4.57. The summed E-state index contributed by atoms with van der Waals surface area (Å²) in [7, 11) is 3.14. The van der Waals surface area contributed by atoms with Crippen molar-refractivity contribution in [2.45, 2.75) is 13.0 Å². The van der Waals surface area contributed by atoms with Crippen LogP contribution in [0.3, 0.4) is 0 Å². The number of imide groups is 1. The van der Waals surface area contributed by atoms with Gasteiger partial charge in [-0.05, 0) is 53.6 Å². The SMILES string of the molecule is C=CCc1cc(/C=C2\SC(=O)N(Cc3ccccc3Br)C2=O)cc(OC)c1OC. The number of benzene rings is 2. The fraction of sp³-hybridized carbons (Fsp3) is 0.182. The molecule has 1 aliphatic rings. The summed E-state index contributed by atoms with van der Waals surface area (Å²) in [5, 5.41) is -0.288. The molecule has 0 aliphatic carbocycles. The molecule has 29 heavy (non-hydrogen) atoms. The molecule has 0 aromatic heterocycles. The second-order valence-electron chi connectivity index (χ2n) is 6.27. The first-order chi connectivity index (χ1) is 14.0. The molecule has 1 fully saturated rings. The van der Waals surface area contributed by atoms with Crippen LogP contribution in [-0.2, 0) is 17.8 Å². The van der Waals surface area contributed by atoms with Gasteiger partial charge in [0.25, 0.3) is 11.1 Å². The number of hydrogen-bond donors (Lipinski definition) is 0. The molecule has 2 aromatic rings. The summed E-state index contributed by atoms with van der Waals surface area (Å²) >= 11 is 4.40. The molecule has 2 amide bonds. The lowest BCUT2D eigenvalue weighted by molar-refractivity contribution is -0.123. The third-order valence-electron chi connectivity index (χ3n) is 4.40. The van der Waals surface area contributed by atoms with Crippen LogP contribution in [0.1, 0.15) is 16.7 Å². The lowest BCUT2D eigenvalue weighted by atomic mass is 10.0. The molecule has 0 N–H and O–H groups in total. The van der Waals surface area contributed by atoms with Crippen LogP contribution >= 0.6 is 27.7 Å². The number of hydrogen-bond acceptors (Lipinski definition) is 5. The van der Waals surface area contributed by atoms with Gasteiger partial charge in [-0.15, -0.1) is 6.58 Å². The van der Waals surface area contributed by atoms with Crippen LogP contribution in [0, 0.1) is 0 Å². The normalized spacial score (nSPS) is 15.1. The van der Waals surface area contributed by atoms with Crippen LogP contribution in [0.5, 0.6) is 11.5 Å². The van der Waals surface area contributed by atoms with Crippen LogP contribution in [-0.4, -0.2) is 30.3 Å². The summed E-state index contributed by atoms with van der Waals surface area (Å²) in [6, 6.07) is 11.2. The van der Waals surface area contributed by atoms with E-state index in [1.165, 1.54) is 4.90 Å². The molecule has 2 aromatic carbocycles. The number of thioether (sulfide) groups is 1. The molecular weight excluding hydrogens is 454 g/mol. The van der Waals surface area contributed by atoms with Gasteiger partial charge >= 0.3 is 0 Å². The van der Waals surface area contributed by atoms with Crippen molar-refractivity contribution in [2.75, 3.05) is 14.2 Å². The maximum atomic E-state index is 12.9. The Morgan fingerprint density at radius 3 is 2.55 bits per heavy atom. The number of amides is 2. The quantitative estimate of drug-likeness (QED) is 0.396. The Labute approximate surface area is 182 Å². The summed E-state index contributed by atoms with van der Waals surface area (Å²) < 4.78 is 11.7. The van der Waals surface area contributed by atoms with Crippen molar-refractivity contribution in [3.05, 3.63) is 75.1 Å². The number of carbonyl (C=O) groups excluding carboxylic acids is 2. The fourth-order valence-electron chi connectivity index (χ4n) is 3.04. The van der Waals surface area contributed by atoms with Crippen molar-refractivity contribution >= 4 is 44.9 Å². The predicted molar refractivity (Wildman–Crippen MR) is 119 cm³/mol. The Bertz CT molecular complexity index is 1000. The average Bonchev–Trinajstić information content (AvgIpc) is 2.96. The topological polar surface area (TPSA) is 55.8 Å². The van der Waals surface area contributed by atoms with Crippen molar-refractivity contribution in [1.82, 2.24) is 4.90 Å². The van der Waals surface area contributed by atoms with Gasteiger partial charge in [-0.1, -0.05) is 40.2 Å². The minimum absolute atomic E-state index is 0.219. The van der Waals surface area contributed by atoms with E-state index in [-0.39, 0.29) is 17.7 Å². The van der Waals surface area contributed by atoms with Crippen molar-refractivity contribution in [1.29, 1.82) is 0 Å². The molecular formula is C22H20BrNO4S. The second-order valence-corrected chi connectivity index (χ2v) is 8.12. The lowest BCUT2D eigenvalue weighted by Crippen LogP contribution is -2.27. The largest absolute Gasteiger partial charge is 0.493 e. The molecule has 0 unspecified atom stereocenters. The van der Waals surface area contributed by atoms with E-state index in [1.54, 1.807) is 32.4 Å². The van der Waals surface area contributed by atoms with Gasteiger partial charge in [-0.2, -0.15) is 0 Å². The van der Waals surface area contributed by atoms with Gasteiger partial charge in [0.2, 0.25) is 0 Å². The molecule has 0 saturated carbocycles. The highest BCUT2D eigenvalue weighted by Gasteiger charge is 2.35. The highest BCUT2D eigenvalue weighted by molar-refractivity contribution is 9.10. The van der Waals surface area contributed by atoms with E-state index in [1.807, 2.05) is 30.3 Å². The second kappa shape index (κ2) is 9.33. The van der Waals surface area contributed by atoms with Crippen LogP contribution in [0.25, 0.3) is 6.08 Å². The molecule has 3 rings (SSSR count). The van der Waals surface area contributed by atoms with Crippen LogP contribution in [0.15, 0.2) is 58.4 Å². The molecule has 1 heterocycles. The number of carbonyl (C=O) groups is 2. The first-order valence-electron chi connectivity index (χ1n) is 8.83. The van der Waals surface area contributed by atoms with Gasteiger partial charge in [0.05, 0.1) is 25.7 Å². The Balaban J connectivity index is 1.92. The number of methoxy groups -OCH3 is 2. The molecule has 1 saturated heterocycles. The monoisotopic (exact) mass is 473 g/mol. The summed E-state index contributed by atoms with van der Waals surface area (Å²) in [5.74, 6) is 0.882. The third-order valence-corrected chi connectivity index (χ3v) is 6.08. The maximum Gasteiger partial charge on any atom is 0.293 e. The minimum atomic E-state index is -0.309. The van der Waals surface area contributed by atoms with Crippen LogP contribution in [0.2, 0.25) is 0 Å².